The van der Waals surface area contributed by atoms with Crippen molar-refractivity contribution >= 4 is 22.6 Å². The molecule has 0 aromatic carbocycles. The molecule has 0 rings (SSSR count). The molecule has 98 valence electrons. The molecule has 0 spiro atoms. The highest BCUT2D eigenvalue weighted by molar-refractivity contribution is 14.1. The Morgan fingerprint density at radius 2 is 1.50 bits per heavy atom. The van der Waals surface area contributed by atoms with E-state index in [-0.39, 0.29) is 29.0 Å². The molecule has 0 aliphatic rings. The predicted octanol–water partition coefficient (Wildman–Crippen LogP) is 3.99. The lowest BCUT2D eigenvalue weighted by Crippen LogP contribution is -2.47. The molecule has 0 saturated heterocycles. The molecule has 0 saturated carbocycles. The molecule has 0 heterocycles. The van der Waals surface area contributed by atoms with E-state index in [1.165, 1.54) is 0 Å². The van der Waals surface area contributed by atoms with Gasteiger partial charge in [0.1, 0.15) is 0 Å². The van der Waals surface area contributed by atoms with Crippen LogP contribution in [0.1, 0.15) is 19.8 Å². The Morgan fingerprint density at radius 1 is 1.00 bits per heavy atom. The van der Waals surface area contributed by atoms with Gasteiger partial charge in [0.2, 0.25) is 0 Å². The summed E-state index contributed by atoms with van der Waals surface area (Å²) in [4.78, 5) is 0. The summed E-state index contributed by atoms with van der Waals surface area (Å²) in [5.74, 6) is 0. The van der Waals surface area contributed by atoms with Crippen LogP contribution in [0.25, 0.3) is 0 Å². The van der Waals surface area contributed by atoms with Gasteiger partial charge in [0, 0.05) is 22.6 Å². The highest BCUT2D eigenvalue weighted by Gasteiger charge is 2.63. The zero-order valence-corrected chi connectivity index (χ0v) is 10.2. The van der Waals surface area contributed by atoms with Gasteiger partial charge < -0.3 is 4.74 Å². The topological polar surface area (TPSA) is 18.5 Å². The fraction of sp³-hybridized carbons (Fsp3) is 1.00. The van der Waals surface area contributed by atoms with Gasteiger partial charge in [-0.25, -0.2) is 4.74 Å². The lowest BCUT2D eigenvalue weighted by atomic mass is 10.4. The zero-order chi connectivity index (χ0) is 13.0. The third-order valence-corrected chi connectivity index (χ3v) is 1.58. The first-order valence-corrected chi connectivity index (χ1v) is 5.26. The largest absolute Gasteiger partial charge is 0.453 e. The van der Waals surface area contributed by atoms with E-state index >= 15 is 0 Å². The number of hydrogen-bond donors (Lipinski definition) is 0. The molecular weight excluding hydrogens is 357 g/mol. The molecule has 0 fully saturated rings. The summed E-state index contributed by atoms with van der Waals surface area (Å²) < 4.78 is 76.2. The van der Waals surface area contributed by atoms with Gasteiger partial charge in [-0.1, -0.05) is 13.3 Å². The number of unbranched alkanes of at least 4 members (excludes halogenated alkanes) is 1. The van der Waals surface area contributed by atoms with Gasteiger partial charge in [0.25, 0.3) is 0 Å². The fourth-order valence-corrected chi connectivity index (χ4v) is 0.910. The minimum Gasteiger partial charge on any atom is -0.313 e. The zero-order valence-electron chi connectivity index (χ0n) is 8.08. The summed E-state index contributed by atoms with van der Waals surface area (Å²) in [7, 11) is 0. The summed E-state index contributed by atoms with van der Waals surface area (Å²) in [5.41, 5.74) is 0. The van der Waals surface area contributed by atoms with Crippen molar-refractivity contribution in [2.24, 2.45) is 0 Å². The first-order valence-electron chi connectivity index (χ1n) is 4.18. The van der Waals surface area contributed by atoms with Crippen LogP contribution in [0.5, 0.6) is 0 Å². The average Bonchev–Trinajstić information content (AvgIpc) is 1.99. The van der Waals surface area contributed by atoms with E-state index in [4.69, 9.17) is 0 Å². The van der Waals surface area contributed by atoms with E-state index in [9.17, 15) is 26.3 Å². The maximum atomic E-state index is 12.6. The Balaban J connectivity index is 4.45. The van der Waals surface area contributed by atoms with Crippen LogP contribution < -0.4 is 0 Å². The second-order valence-electron chi connectivity index (χ2n) is 2.78. The van der Waals surface area contributed by atoms with Crippen molar-refractivity contribution in [1.29, 1.82) is 0 Å². The van der Waals surface area contributed by atoms with Crippen LogP contribution in [-0.4, -0.2) is 22.9 Å². The Morgan fingerprint density at radius 3 is 1.88 bits per heavy atom. The van der Waals surface area contributed by atoms with Gasteiger partial charge in [0.05, 0.1) is 6.61 Å². The van der Waals surface area contributed by atoms with Gasteiger partial charge in [0.15, 0.2) is 0 Å². The molecule has 0 atom stereocenters. The van der Waals surface area contributed by atoms with Gasteiger partial charge in [-0.05, 0) is 6.42 Å². The van der Waals surface area contributed by atoms with Crippen molar-refractivity contribution in [2.45, 2.75) is 36.1 Å². The normalized spacial score (nSPS) is 14.2. The van der Waals surface area contributed by atoms with Crippen molar-refractivity contribution in [3.8, 4) is 0 Å². The number of rotatable bonds is 7. The van der Waals surface area contributed by atoms with E-state index < -0.39 is 22.9 Å². The lowest BCUT2D eigenvalue weighted by Gasteiger charge is -2.26. The van der Waals surface area contributed by atoms with E-state index in [0.29, 0.717) is 6.42 Å². The molecule has 0 radical (unpaired) electrons. The molecule has 2 nitrogen and oxygen atoms in total. The number of hydrogen-bond acceptors (Lipinski definition) is 2. The van der Waals surface area contributed by atoms with Crippen LogP contribution in [0.4, 0.5) is 26.3 Å². The molecule has 0 unspecified atom stereocenters. The standard InChI is InChI=1S/C7H9F6IO2/c1-2-3-4-15-5(8,9)6(10,11)16-7(12,13)14/h2-4H2,1H3. The van der Waals surface area contributed by atoms with Crippen molar-refractivity contribution in [3.63, 3.8) is 0 Å². The first kappa shape index (κ1) is 16.2. The molecule has 16 heavy (non-hydrogen) atoms. The first-order chi connectivity index (χ1) is 7.02. The van der Waals surface area contributed by atoms with Gasteiger partial charge >= 0.3 is 16.3 Å². The van der Waals surface area contributed by atoms with Gasteiger partial charge in [-0.2, -0.15) is 26.3 Å². The second kappa shape index (κ2) is 5.71. The third kappa shape index (κ3) is 5.53. The molecule has 0 N–H and O–H groups in total. The average molecular weight is 366 g/mol. The number of halogens is 7. The summed E-state index contributed by atoms with van der Waals surface area (Å²) in [6.45, 7) is 0.949. The van der Waals surface area contributed by atoms with E-state index in [1.54, 1.807) is 6.92 Å². The molecular formula is C7H9F6IO2. The van der Waals surface area contributed by atoms with Crippen LogP contribution in [-0.2, 0) is 9.47 Å². The van der Waals surface area contributed by atoms with E-state index in [2.05, 4.69) is 9.47 Å². The SMILES string of the molecule is CCCCOC(F)(F)C(F)(F)OC(F)(F)I. The van der Waals surface area contributed by atoms with Crippen molar-refractivity contribution in [2.75, 3.05) is 6.61 Å². The third-order valence-electron chi connectivity index (χ3n) is 1.36. The minimum atomic E-state index is -5.38. The molecule has 0 aromatic rings. The monoisotopic (exact) mass is 366 g/mol. The van der Waals surface area contributed by atoms with Crippen LogP contribution in [0, 0.1) is 0 Å². The number of alkyl halides is 7. The Hall–Kier alpha value is 0.230. The highest BCUT2D eigenvalue weighted by Crippen LogP contribution is 2.42. The maximum absolute atomic E-state index is 12.6. The molecule has 9 heteroatoms. The summed E-state index contributed by atoms with van der Waals surface area (Å²) in [6, 6.07) is 0. The molecule has 0 aliphatic heterocycles. The van der Waals surface area contributed by atoms with Crippen molar-refractivity contribution < 1.29 is 35.8 Å². The van der Waals surface area contributed by atoms with Crippen molar-refractivity contribution in [1.82, 2.24) is 0 Å². The quantitative estimate of drug-likeness (QED) is 0.294. The Bertz CT molecular complexity index is 217. The minimum absolute atomic E-state index is 0.103. The summed E-state index contributed by atoms with van der Waals surface area (Å²) in [5, 5.41) is 0. The van der Waals surface area contributed by atoms with Gasteiger partial charge in [-0.15, -0.1) is 0 Å². The molecule has 0 bridgehead atoms. The van der Waals surface area contributed by atoms with Crippen LogP contribution in [0.15, 0.2) is 0 Å². The smallest absolute Gasteiger partial charge is 0.313 e. The van der Waals surface area contributed by atoms with Crippen LogP contribution in [0.2, 0.25) is 0 Å². The predicted molar refractivity (Wildman–Crippen MR) is 50.8 cm³/mol. The summed E-state index contributed by atoms with van der Waals surface area (Å²) in [6.07, 6.45) is -9.93. The highest BCUT2D eigenvalue weighted by atomic mass is 127. The molecule has 0 aliphatic carbocycles. The van der Waals surface area contributed by atoms with Gasteiger partial charge in [-0.3, -0.25) is 0 Å². The van der Waals surface area contributed by atoms with Crippen LogP contribution in [0.3, 0.4) is 0 Å². The molecule has 0 aromatic heterocycles. The maximum Gasteiger partial charge on any atom is 0.453 e. The van der Waals surface area contributed by atoms with Crippen molar-refractivity contribution in [3.05, 3.63) is 0 Å². The Kier molecular flexibility index (Phi) is 5.80. The molecule has 0 amide bonds. The Labute approximate surface area is 101 Å². The summed E-state index contributed by atoms with van der Waals surface area (Å²) >= 11 is 0.162. The van der Waals surface area contributed by atoms with Crippen LogP contribution >= 0.6 is 22.6 Å². The number of ether oxygens (including phenoxy) is 2. The lowest BCUT2D eigenvalue weighted by molar-refractivity contribution is -0.461. The van der Waals surface area contributed by atoms with E-state index in [1.807, 2.05) is 0 Å². The van der Waals surface area contributed by atoms with E-state index in [0.717, 1.165) is 0 Å². The second-order valence-corrected chi connectivity index (χ2v) is 4.04. The fourth-order valence-electron chi connectivity index (χ4n) is 0.633.